The number of halogens is 1. The van der Waals surface area contributed by atoms with Crippen molar-refractivity contribution in [2.75, 3.05) is 18.4 Å². The van der Waals surface area contributed by atoms with Crippen molar-refractivity contribution in [1.29, 1.82) is 0 Å². The summed E-state index contributed by atoms with van der Waals surface area (Å²) in [7, 11) is 0. The Morgan fingerprint density at radius 3 is 2.52 bits per heavy atom. The number of benzene rings is 1. The molecule has 1 aliphatic heterocycles. The number of piperidine rings is 1. The first-order valence-electron chi connectivity index (χ1n) is 7.01. The zero-order valence-electron chi connectivity index (χ0n) is 11.9. The average Bonchev–Trinajstić information content (AvgIpc) is 2.49. The summed E-state index contributed by atoms with van der Waals surface area (Å²) in [6, 6.07) is 6.78. The highest BCUT2D eigenvalue weighted by molar-refractivity contribution is 6.33. The summed E-state index contributed by atoms with van der Waals surface area (Å²) in [6.45, 7) is 3.06. The molecule has 0 bridgehead atoms. The van der Waals surface area contributed by atoms with E-state index in [1.807, 2.05) is 17.9 Å². The molecule has 1 aliphatic rings. The number of aliphatic carboxylic acids is 1. The lowest BCUT2D eigenvalue weighted by molar-refractivity contribution is -0.143. The number of carboxylic acids is 1. The number of nitrogens with one attached hydrogen (secondary N) is 1. The van der Waals surface area contributed by atoms with E-state index in [4.69, 9.17) is 16.7 Å². The minimum atomic E-state index is -0.747. The molecule has 5 nitrogen and oxygen atoms in total. The second-order valence-electron chi connectivity index (χ2n) is 5.29. The number of nitrogens with zero attached hydrogens (tertiary/aromatic N) is 1. The van der Waals surface area contributed by atoms with Gasteiger partial charge in [-0.3, -0.25) is 14.5 Å². The SMILES string of the molecule is CC(C(=O)Nc1ccccc1Cl)N1CCC(C(=O)O)CC1. The van der Waals surface area contributed by atoms with Crippen molar-refractivity contribution in [2.24, 2.45) is 5.92 Å². The molecule has 6 heteroatoms. The number of carbonyl (C=O) groups is 2. The summed E-state index contributed by atoms with van der Waals surface area (Å²) in [4.78, 5) is 25.2. The fourth-order valence-corrected chi connectivity index (χ4v) is 2.68. The van der Waals surface area contributed by atoms with Gasteiger partial charge in [-0.05, 0) is 45.0 Å². The van der Waals surface area contributed by atoms with Crippen molar-refractivity contribution in [2.45, 2.75) is 25.8 Å². The predicted octanol–water partition coefficient (Wildman–Crippen LogP) is 2.46. The minimum Gasteiger partial charge on any atom is -0.481 e. The molecule has 1 amide bonds. The van der Waals surface area contributed by atoms with Gasteiger partial charge in [-0.25, -0.2) is 0 Å². The minimum absolute atomic E-state index is 0.128. The fraction of sp³-hybridized carbons (Fsp3) is 0.467. The van der Waals surface area contributed by atoms with Gasteiger partial charge in [0.05, 0.1) is 22.7 Å². The van der Waals surface area contributed by atoms with Gasteiger partial charge >= 0.3 is 5.97 Å². The first-order valence-corrected chi connectivity index (χ1v) is 7.39. The summed E-state index contributed by atoms with van der Waals surface area (Å²) in [5.41, 5.74) is 0.594. The number of anilines is 1. The van der Waals surface area contributed by atoms with Crippen LogP contribution in [0.25, 0.3) is 0 Å². The quantitative estimate of drug-likeness (QED) is 0.896. The highest BCUT2D eigenvalue weighted by atomic mass is 35.5. The van der Waals surface area contributed by atoms with E-state index in [0.29, 0.717) is 36.6 Å². The summed E-state index contributed by atoms with van der Waals surface area (Å²) in [5, 5.41) is 12.3. The maximum atomic E-state index is 12.3. The highest BCUT2D eigenvalue weighted by Gasteiger charge is 2.29. The van der Waals surface area contributed by atoms with Crippen LogP contribution >= 0.6 is 11.6 Å². The number of hydrogen-bond donors (Lipinski definition) is 2. The van der Waals surface area contributed by atoms with Gasteiger partial charge in [-0.15, -0.1) is 0 Å². The maximum Gasteiger partial charge on any atom is 0.306 e. The lowest BCUT2D eigenvalue weighted by Crippen LogP contribution is -2.47. The van der Waals surface area contributed by atoms with Gasteiger partial charge in [0.25, 0.3) is 0 Å². The molecule has 0 spiro atoms. The van der Waals surface area contributed by atoms with Crippen LogP contribution in [-0.2, 0) is 9.59 Å². The molecule has 1 saturated heterocycles. The molecule has 1 aromatic carbocycles. The number of amides is 1. The number of rotatable bonds is 4. The zero-order valence-corrected chi connectivity index (χ0v) is 12.6. The van der Waals surface area contributed by atoms with E-state index in [2.05, 4.69) is 5.32 Å². The van der Waals surface area contributed by atoms with Crippen molar-refractivity contribution < 1.29 is 14.7 Å². The van der Waals surface area contributed by atoms with Crippen molar-refractivity contribution in [3.05, 3.63) is 29.3 Å². The number of hydrogen-bond acceptors (Lipinski definition) is 3. The van der Waals surface area contributed by atoms with E-state index >= 15 is 0 Å². The molecule has 1 atom stereocenters. The molecule has 1 heterocycles. The fourth-order valence-electron chi connectivity index (χ4n) is 2.50. The van der Waals surface area contributed by atoms with Gasteiger partial charge in [0.2, 0.25) is 5.91 Å². The third kappa shape index (κ3) is 3.95. The molecule has 114 valence electrons. The summed E-state index contributed by atoms with van der Waals surface area (Å²) >= 11 is 6.02. The largest absolute Gasteiger partial charge is 0.481 e. The summed E-state index contributed by atoms with van der Waals surface area (Å²) in [6.07, 6.45) is 1.16. The second-order valence-corrected chi connectivity index (χ2v) is 5.70. The topological polar surface area (TPSA) is 69.6 Å². The third-order valence-corrected chi connectivity index (χ3v) is 4.27. The lowest BCUT2D eigenvalue weighted by atomic mass is 9.96. The Balaban J connectivity index is 1.92. The standard InChI is InChI=1S/C15H19ClN2O3/c1-10(18-8-6-11(7-9-18)15(20)21)14(19)17-13-5-3-2-4-12(13)16/h2-5,10-11H,6-9H2,1H3,(H,17,19)(H,20,21). The monoisotopic (exact) mass is 310 g/mol. The van der Waals surface area contributed by atoms with E-state index in [-0.39, 0.29) is 17.9 Å². The van der Waals surface area contributed by atoms with Crippen LogP contribution in [0.4, 0.5) is 5.69 Å². The van der Waals surface area contributed by atoms with Crippen LogP contribution in [-0.4, -0.2) is 41.0 Å². The van der Waals surface area contributed by atoms with Crippen LogP contribution in [0.2, 0.25) is 5.02 Å². The Morgan fingerprint density at radius 2 is 1.95 bits per heavy atom. The smallest absolute Gasteiger partial charge is 0.306 e. The van der Waals surface area contributed by atoms with Crippen molar-refractivity contribution in [1.82, 2.24) is 4.90 Å². The summed E-state index contributed by atoms with van der Waals surface area (Å²) in [5.74, 6) is -1.17. The Kier molecular flexibility index (Phi) is 5.20. The summed E-state index contributed by atoms with van der Waals surface area (Å²) < 4.78 is 0. The Bertz CT molecular complexity index is 527. The van der Waals surface area contributed by atoms with Crippen LogP contribution in [0.5, 0.6) is 0 Å². The van der Waals surface area contributed by atoms with Crippen molar-refractivity contribution in [3.8, 4) is 0 Å². The molecule has 2 rings (SSSR count). The molecule has 0 aliphatic carbocycles. The van der Waals surface area contributed by atoms with Crippen molar-refractivity contribution in [3.63, 3.8) is 0 Å². The zero-order chi connectivity index (χ0) is 15.4. The van der Waals surface area contributed by atoms with Gasteiger partial charge < -0.3 is 10.4 Å². The van der Waals surface area contributed by atoms with Crippen LogP contribution in [0.15, 0.2) is 24.3 Å². The van der Waals surface area contributed by atoms with Crippen LogP contribution < -0.4 is 5.32 Å². The van der Waals surface area contributed by atoms with Crippen LogP contribution in [0, 0.1) is 5.92 Å². The molecule has 0 saturated carbocycles. The number of carbonyl (C=O) groups excluding carboxylic acids is 1. The number of likely N-dealkylation sites (tertiary alicyclic amines) is 1. The molecule has 2 N–H and O–H groups in total. The first-order chi connectivity index (χ1) is 9.99. The molecule has 21 heavy (non-hydrogen) atoms. The number of carboxylic acid groups (broad SMARTS) is 1. The molecule has 1 fully saturated rings. The van der Waals surface area contributed by atoms with Gasteiger partial charge in [-0.2, -0.15) is 0 Å². The molecule has 1 unspecified atom stereocenters. The average molecular weight is 311 g/mol. The van der Waals surface area contributed by atoms with E-state index in [1.165, 1.54) is 0 Å². The third-order valence-electron chi connectivity index (χ3n) is 3.94. The maximum absolute atomic E-state index is 12.3. The molecular formula is C15H19ClN2O3. The van der Waals surface area contributed by atoms with E-state index in [0.717, 1.165) is 0 Å². The van der Waals surface area contributed by atoms with Crippen LogP contribution in [0.3, 0.4) is 0 Å². The Labute approximate surface area is 128 Å². The Morgan fingerprint density at radius 1 is 1.33 bits per heavy atom. The van der Waals surface area contributed by atoms with Gasteiger partial charge in [0.15, 0.2) is 0 Å². The lowest BCUT2D eigenvalue weighted by Gasteiger charge is -2.33. The molecule has 0 radical (unpaired) electrons. The normalized spacial score (nSPS) is 18.2. The van der Waals surface area contributed by atoms with Gasteiger partial charge in [0, 0.05) is 0 Å². The Hall–Kier alpha value is -1.59. The second kappa shape index (κ2) is 6.91. The number of para-hydroxylation sites is 1. The van der Waals surface area contributed by atoms with E-state index in [9.17, 15) is 9.59 Å². The molecular weight excluding hydrogens is 292 g/mol. The molecule has 1 aromatic rings. The van der Waals surface area contributed by atoms with Crippen LogP contribution in [0.1, 0.15) is 19.8 Å². The van der Waals surface area contributed by atoms with Gasteiger partial charge in [-0.1, -0.05) is 23.7 Å². The van der Waals surface area contributed by atoms with E-state index < -0.39 is 5.97 Å². The first kappa shape index (κ1) is 15.8. The predicted molar refractivity (Wildman–Crippen MR) is 81.5 cm³/mol. The van der Waals surface area contributed by atoms with Gasteiger partial charge in [0.1, 0.15) is 0 Å². The molecule has 0 aromatic heterocycles. The van der Waals surface area contributed by atoms with E-state index in [1.54, 1.807) is 18.2 Å². The highest BCUT2D eigenvalue weighted by Crippen LogP contribution is 2.22. The van der Waals surface area contributed by atoms with Crippen molar-refractivity contribution >= 4 is 29.2 Å².